The van der Waals surface area contributed by atoms with E-state index in [2.05, 4.69) is 12.2 Å². The highest BCUT2D eigenvalue weighted by Crippen LogP contribution is 2.40. The van der Waals surface area contributed by atoms with E-state index in [0.717, 1.165) is 13.1 Å². The Labute approximate surface area is 87.6 Å². The third kappa shape index (κ3) is 1.96. The molecule has 2 aliphatic rings. The summed E-state index contributed by atoms with van der Waals surface area (Å²) in [7, 11) is 0. The highest BCUT2D eigenvalue weighted by molar-refractivity contribution is 4.95. The van der Waals surface area contributed by atoms with Crippen molar-refractivity contribution in [2.75, 3.05) is 13.1 Å². The van der Waals surface area contributed by atoms with Crippen LogP contribution >= 0.6 is 0 Å². The first kappa shape index (κ1) is 10.4. The van der Waals surface area contributed by atoms with Crippen molar-refractivity contribution in [3.8, 4) is 0 Å². The number of hydrogen-bond acceptors (Lipinski definition) is 2. The molecule has 0 atom stereocenters. The van der Waals surface area contributed by atoms with Crippen LogP contribution in [0.2, 0.25) is 0 Å². The summed E-state index contributed by atoms with van der Waals surface area (Å²) < 4.78 is 0. The summed E-state index contributed by atoms with van der Waals surface area (Å²) in [5.41, 5.74) is 6.75. The van der Waals surface area contributed by atoms with Crippen molar-refractivity contribution in [2.24, 2.45) is 11.1 Å². The Balaban J connectivity index is 1.80. The molecule has 3 N–H and O–H groups in total. The fourth-order valence-corrected chi connectivity index (χ4v) is 2.86. The highest BCUT2D eigenvalue weighted by Gasteiger charge is 2.38. The van der Waals surface area contributed by atoms with E-state index < -0.39 is 0 Å². The maximum Gasteiger partial charge on any atom is 0.0153 e. The van der Waals surface area contributed by atoms with Crippen LogP contribution in [0.15, 0.2) is 0 Å². The standard InChI is InChI=1S/C12H24N2/c1-11(5-2-3-6-11)14-10-12(9-13)7-4-8-12/h14H,2-10,13H2,1H3. The van der Waals surface area contributed by atoms with Gasteiger partial charge < -0.3 is 11.1 Å². The Hall–Kier alpha value is -0.0800. The molecule has 82 valence electrons. The fourth-order valence-electron chi connectivity index (χ4n) is 2.86. The molecule has 0 aromatic rings. The average molecular weight is 196 g/mol. The van der Waals surface area contributed by atoms with Gasteiger partial charge in [0, 0.05) is 12.1 Å². The maximum atomic E-state index is 5.86. The van der Waals surface area contributed by atoms with Crippen LogP contribution in [0.1, 0.15) is 51.9 Å². The second-order valence-electron chi connectivity index (χ2n) is 5.68. The second-order valence-corrected chi connectivity index (χ2v) is 5.68. The van der Waals surface area contributed by atoms with E-state index in [-0.39, 0.29) is 0 Å². The van der Waals surface area contributed by atoms with E-state index in [4.69, 9.17) is 5.73 Å². The minimum absolute atomic E-state index is 0.428. The Bertz CT molecular complexity index is 183. The van der Waals surface area contributed by atoms with Gasteiger partial charge in [0.1, 0.15) is 0 Å². The molecule has 2 rings (SSSR count). The molecule has 14 heavy (non-hydrogen) atoms. The van der Waals surface area contributed by atoms with E-state index in [1.807, 2.05) is 0 Å². The highest BCUT2D eigenvalue weighted by atomic mass is 15.0. The van der Waals surface area contributed by atoms with Gasteiger partial charge in [0.25, 0.3) is 0 Å². The van der Waals surface area contributed by atoms with Gasteiger partial charge in [0.05, 0.1) is 0 Å². The lowest BCUT2D eigenvalue weighted by Crippen LogP contribution is -2.51. The van der Waals surface area contributed by atoms with Crippen LogP contribution in [-0.2, 0) is 0 Å². The zero-order chi connectivity index (χ0) is 10.1. The average Bonchev–Trinajstić information content (AvgIpc) is 2.52. The topological polar surface area (TPSA) is 38.0 Å². The van der Waals surface area contributed by atoms with Crippen LogP contribution in [0.4, 0.5) is 0 Å². The van der Waals surface area contributed by atoms with Crippen LogP contribution in [0.3, 0.4) is 0 Å². The summed E-state index contributed by atoms with van der Waals surface area (Å²) in [4.78, 5) is 0. The molecule has 0 unspecified atom stereocenters. The first-order valence-electron chi connectivity index (χ1n) is 6.13. The van der Waals surface area contributed by atoms with Crippen molar-refractivity contribution in [1.29, 1.82) is 0 Å². The molecule has 0 radical (unpaired) electrons. The predicted molar refractivity (Wildman–Crippen MR) is 60.2 cm³/mol. The molecule has 0 aliphatic heterocycles. The van der Waals surface area contributed by atoms with E-state index in [1.165, 1.54) is 44.9 Å². The van der Waals surface area contributed by atoms with Crippen molar-refractivity contribution >= 4 is 0 Å². The van der Waals surface area contributed by atoms with Gasteiger partial charge in [-0.05, 0) is 44.6 Å². The lowest BCUT2D eigenvalue weighted by Gasteiger charge is -2.43. The lowest BCUT2D eigenvalue weighted by molar-refractivity contribution is 0.124. The summed E-state index contributed by atoms with van der Waals surface area (Å²) in [5.74, 6) is 0. The summed E-state index contributed by atoms with van der Waals surface area (Å²) in [6.07, 6.45) is 9.58. The minimum atomic E-state index is 0.428. The van der Waals surface area contributed by atoms with Gasteiger partial charge in [-0.25, -0.2) is 0 Å². The Morgan fingerprint density at radius 3 is 2.14 bits per heavy atom. The Morgan fingerprint density at radius 1 is 1.07 bits per heavy atom. The molecule has 2 aliphatic carbocycles. The van der Waals surface area contributed by atoms with Crippen LogP contribution < -0.4 is 11.1 Å². The SMILES string of the molecule is CC1(NCC2(CN)CCC2)CCCC1. The third-order valence-corrected chi connectivity index (χ3v) is 4.44. The molecule has 0 heterocycles. The Kier molecular flexibility index (Phi) is 2.85. The van der Waals surface area contributed by atoms with E-state index >= 15 is 0 Å². The summed E-state index contributed by atoms with van der Waals surface area (Å²) >= 11 is 0. The van der Waals surface area contributed by atoms with Crippen molar-refractivity contribution in [3.05, 3.63) is 0 Å². The molecule has 0 aromatic carbocycles. The quantitative estimate of drug-likeness (QED) is 0.722. The van der Waals surface area contributed by atoms with Crippen molar-refractivity contribution in [2.45, 2.75) is 57.4 Å². The first-order valence-corrected chi connectivity index (χ1v) is 6.13. The predicted octanol–water partition coefficient (Wildman–Crippen LogP) is 2.04. The van der Waals surface area contributed by atoms with Crippen molar-refractivity contribution < 1.29 is 0 Å². The third-order valence-electron chi connectivity index (χ3n) is 4.44. The van der Waals surface area contributed by atoms with Gasteiger partial charge in [-0.3, -0.25) is 0 Å². The second kappa shape index (κ2) is 3.82. The van der Waals surface area contributed by atoms with Gasteiger partial charge in [-0.2, -0.15) is 0 Å². The van der Waals surface area contributed by atoms with Crippen LogP contribution in [0.5, 0.6) is 0 Å². The number of nitrogens with one attached hydrogen (secondary N) is 1. The lowest BCUT2D eigenvalue weighted by atomic mass is 9.68. The van der Waals surface area contributed by atoms with Gasteiger partial charge >= 0.3 is 0 Å². The molecule has 0 spiro atoms. The van der Waals surface area contributed by atoms with Crippen molar-refractivity contribution in [3.63, 3.8) is 0 Å². The number of hydrogen-bond donors (Lipinski definition) is 2. The number of rotatable bonds is 4. The molecule has 0 amide bonds. The summed E-state index contributed by atoms with van der Waals surface area (Å²) in [6.45, 7) is 4.40. The Morgan fingerprint density at radius 2 is 1.71 bits per heavy atom. The molecule has 0 saturated heterocycles. The van der Waals surface area contributed by atoms with Gasteiger partial charge in [0.2, 0.25) is 0 Å². The van der Waals surface area contributed by atoms with Crippen molar-refractivity contribution in [1.82, 2.24) is 5.32 Å². The molecule has 2 saturated carbocycles. The molecule has 0 bridgehead atoms. The van der Waals surface area contributed by atoms with E-state index in [0.29, 0.717) is 11.0 Å². The minimum Gasteiger partial charge on any atom is -0.330 e. The smallest absolute Gasteiger partial charge is 0.0153 e. The monoisotopic (exact) mass is 196 g/mol. The maximum absolute atomic E-state index is 5.86. The zero-order valence-electron chi connectivity index (χ0n) is 9.44. The number of nitrogens with two attached hydrogens (primary N) is 1. The van der Waals surface area contributed by atoms with Gasteiger partial charge in [-0.1, -0.05) is 19.3 Å². The van der Waals surface area contributed by atoms with E-state index in [1.54, 1.807) is 0 Å². The molecule has 2 heteroatoms. The molecule has 2 nitrogen and oxygen atoms in total. The molecule has 0 aromatic heterocycles. The molecular formula is C12H24N2. The first-order chi connectivity index (χ1) is 6.68. The van der Waals surface area contributed by atoms with Crippen LogP contribution in [0.25, 0.3) is 0 Å². The zero-order valence-corrected chi connectivity index (χ0v) is 9.44. The summed E-state index contributed by atoms with van der Waals surface area (Å²) in [5, 5.41) is 3.77. The van der Waals surface area contributed by atoms with Gasteiger partial charge in [-0.15, -0.1) is 0 Å². The van der Waals surface area contributed by atoms with Gasteiger partial charge in [0.15, 0.2) is 0 Å². The molecule has 2 fully saturated rings. The fraction of sp³-hybridized carbons (Fsp3) is 1.00. The largest absolute Gasteiger partial charge is 0.330 e. The van der Waals surface area contributed by atoms with Crippen LogP contribution in [0, 0.1) is 5.41 Å². The normalized spacial score (nSPS) is 28.7. The summed E-state index contributed by atoms with van der Waals surface area (Å²) in [6, 6.07) is 0. The van der Waals surface area contributed by atoms with E-state index in [9.17, 15) is 0 Å². The van der Waals surface area contributed by atoms with Crippen LogP contribution in [-0.4, -0.2) is 18.6 Å². The molecular weight excluding hydrogens is 172 g/mol.